The number of hydrogen-bond donors (Lipinski definition) is 1. The summed E-state index contributed by atoms with van der Waals surface area (Å²) in [6.07, 6.45) is 0. The number of carbonyl (C=O) groups excluding carboxylic acids is 1. The summed E-state index contributed by atoms with van der Waals surface area (Å²) in [5.74, 6) is 0.0332. The number of rotatable bonds is 3. The van der Waals surface area contributed by atoms with Gasteiger partial charge in [-0.15, -0.1) is 12.4 Å². The van der Waals surface area contributed by atoms with E-state index < -0.39 is 5.91 Å². The average molecular weight is 264 g/mol. The third kappa shape index (κ3) is 2.63. The Balaban J connectivity index is 0.00000162. The van der Waals surface area contributed by atoms with E-state index in [1.165, 1.54) is 7.11 Å². The molecule has 0 aliphatic rings. The van der Waals surface area contributed by atoms with E-state index in [2.05, 4.69) is 0 Å². The Morgan fingerprint density at radius 1 is 1.06 bits per heavy atom. The van der Waals surface area contributed by atoms with Gasteiger partial charge in [0, 0.05) is 5.56 Å². The zero-order valence-electron chi connectivity index (χ0n) is 9.92. The van der Waals surface area contributed by atoms with E-state index in [9.17, 15) is 4.79 Å². The smallest absolute Gasteiger partial charge is 0.252 e. The zero-order chi connectivity index (χ0) is 12.3. The lowest BCUT2D eigenvalue weighted by Crippen LogP contribution is -2.12. The summed E-state index contributed by atoms with van der Waals surface area (Å²) >= 11 is 0. The summed E-state index contributed by atoms with van der Waals surface area (Å²) in [6, 6.07) is 15.1. The van der Waals surface area contributed by atoms with Gasteiger partial charge >= 0.3 is 0 Å². The van der Waals surface area contributed by atoms with Crippen LogP contribution in [0.1, 0.15) is 10.4 Å². The van der Waals surface area contributed by atoms with Crippen molar-refractivity contribution in [3.05, 3.63) is 54.1 Å². The number of primary amides is 1. The van der Waals surface area contributed by atoms with Crippen LogP contribution in [0.15, 0.2) is 48.5 Å². The fraction of sp³-hybridized carbons (Fsp3) is 0.0714. The van der Waals surface area contributed by atoms with Crippen LogP contribution < -0.4 is 10.5 Å². The first-order chi connectivity index (χ1) is 8.24. The SMILES string of the molecule is COc1c(C(N)=O)cccc1-c1ccccc1.Cl. The minimum Gasteiger partial charge on any atom is -0.495 e. The van der Waals surface area contributed by atoms with Crippen LogP contribution in [0.2, 0.25) is 0 Å². The fourth-order valence-electron chi connectivity index (χ4n) is 1.80. The molecule has 1 amide bonds. The summed E-state index contributed by atoms with van der Waals surface area (Å²) in [6.45, 7) is 0. The number of para-hydroxylation sites is 1. The lowest BCUT2D eigenvalue weighted by atomic mass is 10.0. The minimum absolute atomic E-state index is 0. The van der Waals surface area contributed by atoms with Crippen molar-refractivity contribution in [1.29, 1.82) is 0 Å². The van der Waals surface area contributed by atoms with E-state index in [1.807, 2.05) is 36.4 Å². The summed E-state index contributed by atoms with van der Waals surface area (Å²) < 4.78 is 5.29. The van der Waals surface area contributed by atoms with Gasteiger partial charge in [0.2, 0.25) is 0 Å². The standard InChI is InChI=1S/C14H13NO2.ClH/c1-17-13-11(10-6-3-2-4-7-10)8-5-9-12(13)14(15)16;/h2-9H,1H3,(H2,15,16);1H. The van der Waals surface area contributed by atoms with Crippen LogP contribution in [-0.4, -0.2) is 13.0 Å². The molecule has 0 fully saturated rings. The normalized spacial score (nSPS) is 9.39. The van der Waals surface area contributed by atoms with Crippen molar-refractivity contribution in [3.8, 4) is 16.9 Å². The number of amides is 1. The van der Waals surface area contributed by atoms with Crippen molar-refractivity contribution >= 4 is 18.3 Å². The van der Waals surface area contributed by atoms with Gasteiger partial charge in [0.15, 0.2) is 0 Å². The summed E-state index contributed by atoms with van der Waals surface area (Å²) in [7, 11) is 1.54. The van der Waals surface area contributed by atoms with Gasteiger partial charge in [-0.05, 0) is 11.6 Å². The molecule has 2 aromatic carbocycles. The molecule has 2 N–H and O–H groups in total. The Hall–Kier alpha value is -2.00. The first kappa shape index (κ1) is 14.1. The molecule has 0 saturated heterocycles. The Kier molecular flexibility index (Phi) is 4.75. The van der Waals surface area contributed by atoms with Crippen molar-refractivity contribution in [2.45, 2.75) is 0 Å². The summed E-state index contributed by atoms with van der Waals surface area (Å²) in [5, 5.41) is 0. The van der Waals surface area contributed by atoms with Crippen molar-refractivity contribution in [3.63, 3.8) is 0 Å². The molecule has 0 aliphatic heterocycles. The van der Waals surface area contributed by atoms with Gasteiger partial charge in [0.05, 0.1) is 12.7 Å². The molecule has 2 rings (SSSR count). The molecule has 18 heavy (non-hydrogen) atoms. The van der Waals surface area contributed by atoms with Gasteiger partial charge in [-0.25, -0.2) is 0 Å². The molecule has 0 unspecified atom stereocenters. The van der Waals surface area contributed by atoms with E-state index in [0.717, 1.165) is 11.1 Å². The van der Waals surface area contributed by atoms with Crippen molar-refractivity contribution in [1.82, 2.24) is 0 Å². The second-order valence-corrected chi connectivity index (χ2v) is 3.62. The fourth-order valence-corrected chi connectivity index (χ4v) is 1.80. The quantitative estimate of drug-likeness (QED) is 0.926. The minimum atomic E-state index is -0.486. The maximum Gasteiger partial charge on any atom is 0.252 e. The molecule has 0 radical (unpaired) electrons. The average Bonchev–Trinajstić information content (AvgIpc) is 2.38. The third-order valence-corrected chi connectivity index (χ3v) is 2.57. The molecule has 0 heterocycles. The second kappa shape index (κ2) is 6.07. The van der Waals surface area contributed by atoms with Gasteiger partial charge in [-0.2, -0.15) is 0 Å². The monoisotopic (exact) mass is 263 g/mol. The molecule has 0 saturated carbocycles. The highest BCUT2D eigenvalue weighted by Gasteiger charge is 2.13. The largest absolute Gasteiger partial charge is 0.495 e. The van der Waals surface area contributed by atoms with Crippen LogP contribution in [0.3, 0.4) is 0 Å². The highest BCUT2D eigenvalue weighted by molar-refractivity contribution is 5.98. The predicted molar refractivity (Wildman–Crippen MR) is 74.2 cm³/mol. The van der Waals surface area contributed by atoms with Gasteiger partial charge in [0.25, 0.3) is 5.91 Å². The number of hydrogen-bond acceptors (Lipinski definition) is 2. The third-order valence-electron chi connectivity index (χ3n) is 2.57. The molecule has 2 aromatic rings. The molecule has 0 aliphatic carbocycles. The Labute approximate surface area is 112 Å². The molecular weight excluding hydrogens is 250 g/mol. The summed E-state index contributed by atoms with van der Waals surface area (Å²) in [5.41, 5.74) is 7.57. The van der Waals surface area contributed by atoms with Crippen LogP contribution in [0, 0.1) is 0 Å². The number of halogens is 1. The van der Waals surface area contributed by atoms with Crippen LogP contribution in [-0.2, 0) is 0 Å². The maximum atomic E-state index is 11.3. The van der Waals surface area contributed by atoms with E-state index >= 15 is 0 Å². The van der Waals surface area contributed by atoms with Crippen LogP contribution in [0.25, 0.3) is 11.1 Å². The summed E-state index contributed by atoms with van der Waals surface area (Å²) in [4.78, 5) is 11.3. The van der Waals surface area contributed by atoms with E-state index in [4.69, 9.17) is 10.5 Å². The molecule has 4 heteroatoms. The Bertz CT molecular complexity index is 541. The van der Waals surface area contributed by atoms with Crippen LogP contribution in [0.4, 0.5) is 0 Å². The van der Waals surface area contributed by atoms with Gasteiger partial charge in [-0.3, -0.25) is 4.79 Å². The number of methoxy groups -OCH3 is 1. The van der Waals surface area contributed by atoms with Crippen LogP contribution >= 0.6 is 12.4 Å². The number of nitrogens with two attached hydrogens (primary N) is 1. The molecule has 0 spiro atoms. The maximum absolute atomic E-state index is 11.3. The Morgan fingerprint density at radius 3 is 2.28 bits per heavy atom. The second-order valence-electron chi connectivity index (χ2n) is 3.62. The lowest BCUT2D eigenvalue weighted by Gasteiger charge is -2.11. The van der Waals surface area contributed by atoms with Gasteiger partial charge in [-0.1, -0.05) is 42.5 Å². The van der Waals surface area contributed by atoms with Crippen molar-refractivity contribution in [2.24, 2.45) is 5.73 Å². The first-order valence-corrected chi connectivity index (χ1v) is 5.26. The zero-order valence-corrected chi connectivity index (χ0v) is 10.7. The van der Waals surface area contributed by atoms with E-state index in [0.29, 0.717) is 11.3 Å². The topological polar surface area (TPSA) is 52.3 Å². The van der Waals surface area contributed by atoms with Gasteiger partial charge < -0.3 is 10.5 Å². The molecular formula is C14H14ClNO2. The predicted octanol–water partition coefficient (Wildman–Crippen LogP) is 2.88. The van der Waals surface area contributed by atoms with Crippen molar-refractivity contribution in [2.75, 3.05) is 7.11 Å². The van der Waals surface area contributed by atoms with E-state index in [1.54, 1.807) is 12.1 Å². The van der Waals surface area contributed by atoms with E-state index in [-0.39, 0.29) is 12.4 Å². The lowest BCUT2D eigenvalue weighted by molar-refractivity contribution is 0.0997. The number of carbonyl (C=O) groups is 1. The first-order valence-electron chi connectivity index (χ1n) is 5.26. The molecule has 0 atom stereocenters. The molecule has 3 nitrogen and oxygen atoms in total. The highest BCUT2D eigenvalue weighted by atomic mass is 35.5. The highest BCUT2D eigenvalue weighted by Crippen LogP contribution is 2.32. The molecule has 94 valence electrons. The van der Waals surface area contributed by atoms with Crippen LogP contribution in [0.5, 0.6) is 5.75 Å². The van der Waals surface area contributed by atoms with Crippen molar-refractivity contribution < 1.29 is 9.53 Å². The van der Waals surface area contributed by atoms with Gasteiger partial charge in [0.1, 0.15) is 5.75 Å². The molecule has 0 aromatic heterocycles. The Morgan fingerprint density at radius 2 is 1.72 bits per heavy atom. The number of ether oxygens (including phenoxy) is 1. The molecule has 0 bridgehead atoms. The number of benzene rings is 2.